The highest BCUT2D eigenvalue weighted by Gasteiger charge is 2.22. The zero-order valence-corrected chi connectivity index (χ0v) is 11.8. The molecule has 5 heteroatoms. The molecule has 0 saturated heterocycles. The molecule has 21 heavy (non-hydrogen) atoms. The Balaban J connectivity index is 1.90. The first-order valence-corrected chi connectivity index (χ1v) is 7.14. The summed E-state index contributed by atoms with van der Waals surface area (Å²) in [6.45, 7) is 2.66. The topological polar surface area (TPSA) is 68.4 Å². The van der Waals surface area contributed by atoms with E-state index in [0.717, 1.165) is 12.4 Å². The third-order valence-electron chi connectivity index (χ3n) is 3.53. The van der Waals surface area contributed by atoms with Gasteiger partial charge in [0.25, 0.3) is 0 Å². The summed E-state index contributed by atoms with van der Waals surface area (Å²) < 4.78 is 10.6. The summed E-state index contributed by atoms with van der Waals surface area (Å²) in [5.74, 6) is 0.801. The van der Waals surface area contributed by atoms with Gasteiger partial charge in [0.05, 0.1) is 18.7 Å². The molecule has 5 nitrogen and oxygen atoms in total. The predicted octanol–water partition coefficient (Wildman–Crippen LogP) is 2.49. The second-order valence-corrected chi connectivity index (χ2v) is 5.21. The highest BCUT2D eigenvalue weighted by Crippen LogP contribution is 2.29. The van der Waals surface area contributed by atoms with Gasteiger partial charge in [-0.2, -0.15) is 0 Å². The fraction of sp³-hybridized carbons (Fsp3) is 0.375. The van der Waals surface area contributed by atoms with Gasteiger partial charge in [-0.25, -0.2) is 4.79 Å². The van der Waals surface area contributed by atoms with Crippen LogP contribution >= 0.6 is 0 Å². The highest BCUT2D eigenvalue weighted by atomic mass is 16.5. The van der Waals surface area contributed by atoms with Gasteiger partial charge in [0, 0.05) is 17.6 Å². The number of nitrogens with one attached hydrogen (secondary N) is 1. The van der Waals surface area contributed by atoms with Crippen LogP contribution in [0.4, 0.5) is 0 Å². The van der Waals surface area contributed by atoms with Crippen LogP contribution in [-0.2, 0) is 4.74 Å². The van der Waals surface area contributed by atoms with Crippen LogP contribution in [0.1, 0.15) is 30.1 Å². The molecule has 1 aliphatic rings. The van der Waals surface area contributed by atoms with Crippen LogP contribution in [0.3, 0.4) is 0 Å². The number of carbonyl (C=O) groups is 1. The van der Waals surface area contributed by atoms with Gasteiger partial charge in [-0.15, -0.1) is 0 Å². The van der Waals surface area contributed by atoms with E-state index >= 15 is 0 Å². The molecule has 0 atom stereocenters. The molecule has 1 saturated carbocycles. The summed E-state index contributed by atoms with van der Waals surface area (Å²) in [5, 5.41) is 0.458. The predicted molar refractivity (Wildman–Crippen MR) is 78.7 cm³/mol. The minimum atomic E-state index is -0.602. The van der Waals surface area contributed by atoms with Crippen molar-refractivity contribution in [3.63, 3.8) is 0 Å². The van der Waals surface area contributed by atoms with Crippen molar-refractivity contribution < 1.29 is 14.3 Å². The molecule has 1 N–H and O–H groups in total. The maximum Gasteiger partial charge on any atom is 0.343 e. The lowest BCUT2D eigenvalue weighted by Gasteiger charge is -2.07. The summed E-state index contributed by atoms with van der Waals surface area (Å²) in [6.07, 6.45) is 3.86. The molecule has 1 heterocycles. The van der Waals surface area contributed by atoms with Crippen molar-refractivity contribution in [1.82, 2.24) is 4.98 Å². The molecule has 1 aromatic heterocycles. The molecule has 110 valence electrons. The van der Waals surface area contributed by atoms with E-state index in [-0.39, 0.29) is 17.6 Å². The number of hydrogen-bond donors (Lipinski definition) is 1. The first-order valence-electron chi connectivity index (χ1n) is 7.14. The van der Waals surface area contributed by atoms with Crippen LogP contribution < -0.4 is 10.2 Å². The van der Waals surface area contributed by atoms with E-state index in [0.29, 0.717) is 16.8 Å². The third kappa shape index (κ3) is 2.91. The van der Waals surface area contributed by atoms with Crippen LogP contribution in [-0.4, -0.2) is 24.2 Å². The molecular formula is C16H17NO4. The average Bonchev–Trinajstić information content (AvgIpc) is 3.30. The minimum Gasteiger partial charge on any atom is -0.493 e. The van der Waals surface area contributed by atoms with E-state index in [4.69, 9.17) is 9.47 Å². The SMILES string of the molecule is CCOC(=O)c1c[nH]c2cc(OCC3CC3)ccc2c1=O. The van der Waals surface area contributed by atoms with Crippen molar-refractivity contribution >= 4 is 16.9 Å². The van der Waals surface area contributed by atoms with Crippen LogP contribution in [0, 0.1) is 5.92 Å². The van der Waals surface area contributed by atoms with Gasteiger partial charge < -0.3 is 14.5 Å². The van der Waals surface area contributed by atoms with Gasteiger partial charge in [-0.05, 0) is 37.8 Å². The number of pyridine rings is 1. The van der Waals surface area contributed by atoms with Crippen molar-refractivity contribution in [3.05, 3.63) is 40.2 Å². The fourth-order valence-corrected chi connectivity index (χ4v) is 2.15. The van der Waals surface area contributed by atoms with Crippen molar-refractivity contribution in [2.24, 2.45) is 5.92 Å². The van der Waals surface area contributed by atoms with Crippen LogP contribution in [0.25, 0.3) is 10.9 Å². The largest absolute Gasteiger partial charge is 0.493 e. The zero-order valence-electron chi connectivity index (χ0n) is 11.8. The van der Waals surface area contributed by atoms with E-state index in [1.807, 2.05) is 0 Å². The van der Waals surface area contributed by atoms with E-state index in [1.165, 1.54) is 19.0 Å². The van der Waals surface area contributed by atoms with Crippen molar-refractivity contribution in [2.75, 3.05) is 13.2 Å². The number of aromatic amines is 1. The van der Waals surface area contributed by atoms with Crippen molar-refractivity contribution in [2.45, 2.75) is 19.8 Å². The van der Waals surface area contributed by atoms with Crippen molar-refractivity contribution in [1.29, 1.82) is 0 Å². The highest BCUT2D eigenvalue weighted by molar-refractivity contribution is 5.93. The Labute approximate surface area is 121 Å². The van der Waals surface area contributed by atoms with E-state index in [9.17, 15) is 9.59 Å². The molecule has 0 unspecified atom stereocenters. The number of benzene rings is 1. The lowest BCUT2D eigenvalue weighted by Crippen LogP contribution is -2.18. The summed E-state index contributed by atoms with van der Waals surface area (Å²) >= 11 is 0. The molecular weight excluding hydrogens is 270 g/mol. The van der Waals surface area contributed by atoms with E-state index in [1.54, 1.807) is 25.1 Å². The number of fused-ring (bicyclic) bond motifs is 1. The molecule has 3 rings (SSSR count). The Kier molecular flexibility index (Phi) is 3.64. The second kappa shape index (κ2) is 5.60. The number of carbonyl (C=O) groups excluding carboxylic acids is 1. The molecule has 1 fully saturated rings. The first-order chi connectivity index (χ1) is 10.2. The third-order valence-corrected chi connectivity index (χ3v) is 3.53. The fourth-order valence-electron chi connectivity index (χ4n) is 2.15. The van der Waals surface area contributed by atoms with Gasteiger partial charge in [-0.3, -0.25) is 4.79 Å². The smallest absolute Gasteiger partial charge is 0.343 e. The normalized spacial score (nSPS) is 14.1. The molecule has 0 radical (unpaired) electrons. The Morgan fingerprint density at radius 2 is 2.19 bits per heavy atom. The number of rotatable bonds is 5. The molecule has 0 bridgehead atoms. The maximum absolute atomic E-state index is 12.3. The maximum atomic E-state index is 12.3. The van der Waals surface area contributed by atoms with E-state index in [2.05, 4.69) is 4.98 Å². The zero-order chi connectivity index (χ0) is 14.8. The minimum absolute atomic E-state index is 0.0241. The molecule has 0 amide bonds. The lowest BCUT2D eigenvalue weighted by atomic mass is 10.1. The molecule has 1 aliphatic carbocycles. The summed E-state index contributed by atoms with van der Waals surface area (Å²) in [4.78, 5) is 26.9. The second-order valence-electron chi connectivity index (χ2n) is 5.21. The number of aromatic nitrogens is 1. The Morgan fingerprint density at radius 3 is 2.90 bits per heavy atom. The number of esters is 1. The van der Waals surface area contributed by atoms with E-state index < -0.39 is 5.97 Å². The quantitative estimate of drug-likeness (QED) is 0.858. The molecule has 2 aromatic rings. The summed E-state index contributed by atoms with van der Waals surface area (Å²) in [5.41, 5.74) is 0.355. The standard InChI is InChI=1S/C16H17NO4/c1-2-20-16(19)13-8-17-14-7-11(21-9-10-3-4-10)5-6-12(14)15(13)18/h5-8,10H,2-4,9H2,1H3,(H,17,18). The van der Waals surface area contributed by atoms with Gasteiger partial charge in [-0.1, -0.05) is 0 Å². The number of ether oxygens (including phenoxy) is 2. The van der Waals surface area contributed by atoms with Crippen LogP contribution in [0.15, 0.2) is 29.2 Å². The number of hydrogen-bond acceptors (Lipinski definition) is 4. The monoisotopic (exact) mass is 287 g/mol. The first kappa shape index (κ1) is 13.7. The average molecular weight is 287 g/mol. The Hall–Kier alpha value is -2.30. The Morgan fingerprint density at radius 1 is 1.38 bits per heavy atom. The Bertz CT molecular complexity index is 731. The molecule has 1 aromatic carbocycles. The van der Waals surface area contributed by atoms with Crippen LogP contribution in [0.5, 0.6) is 5.75 Å². The van der Waals surface area contributed by atoms with Crippen LogP contribution in [0.2, 0.25) is 0 Å². The molecule has 0 spiro atoms. The molecule has 0 aliphatic heterocycles. The number of H-pyrrole nitrogens is 1. The van der Waals surface area contributed by atoms with Gasteiger partial charge >= 0.3 is 5.97 Å². The lowest BCUT2D eigenvalue weighted by molar-refractivity contribution is 0.0524. The van der Waals surface area contributed by atoms with Gasteiger partial charge in [0.2, 0.25) is 5.43 Å². The van der Waals surface area contributed by atoms with Gasteiger partial charge in [0.1, 0.15) is 11.3 Å². The summed E-state index contributed by atoms with van der Waals surface area (Å²) in [7, 11) is 0. The summed E-state index contributed by atoms with van der Waals surface area (Å²) in [6, 6.07) is 5.22. The van der Waals surface area contributed by atoms with Crippen molar-refractivity contribution in [3.8, 4) is 5.75 Å². The van der Waals surface area contributed by atoms with Gasteiger partial charge in [0.15, 0.2) is 0 Å².